The van der Waals surface area contributed by atoms with Crippen LogP contribution >= 0.6 is 0 Å². The van der Waals surface area contributed by atoms with Gasteiger partial charge in [-0.1, -0.05) is 30.3 Å². The fourth-order valence-electron chi connectivity index (χ4n) is 4.46. The van der Waals surface area contributed by atoms with Crippen molar-refractivity contribution in [3.63, 3.8) is 0 Å². The third kappa shape index (κ3) is 6.19. The van der Waals surface area contributed by atoms with Crippen LogP contribution in [0.4, 0.5) is 10.1 Å². The van der Waals surface area contributed by atoms with Gasteiger partial charge in [0.15, 0.2) is 5.69 Å². The van der Waals surface area contributed by atoms with E-state index in [1.54, 1.807) is 0 Å². The molecule has 10 nitrogen and oxygen atoms in total. The number of aromatic nitrogens is 1. The van der Waals surface area contributed by atoms with Crippen LogP contribution in [0, 0.1) is 5.82 Å². The average Bonchev–Trinajstić information content (AvgIpc) is 3.38. The number of sulfonamides is 1. The van der Waals surface area contributed by atoms with Crippen molar-refractivity contribution in [2.75, 3.05) is 17.5 Å². The van der Waals surface area contributed by atoms with E-state index in [0.717, 1.165) is 5.56 Å². The highest BCUT2D eigenvalue weighted by Gasteiger charge is 2.25. The van der Waals surface area contributed by atoms with Gasteiger partial charge in [0.05, 0.1) is 22.7 Å². The molecular weight excluding hydrogens is 575 g/mol. The molecule has 5 aromatic rings. The SMILES string of the molecule is CCS(=O)(=O)Nc1cc2oc(-c3ccc(F)cc3)c(C(=O)NC)c2cc1-c1ccc(O)c(C(=O)NCc2ccccc2)n1. The molecule has 0 saturated carbocycles. The molecule has 0 fully saturated rings. The topological polar surface area (TPSA) is 151 Å². The average molecular weight is 603 g/mol. The number of nitrogens with zero attached hydrogens (tertiary/aromatic N) is 1. The number of hydrogen-bond acceptors (Lipinski definition) is 7. The molecule has 4 N–H and O–H groups in total. The van der Waals surface area contributed by atoms with Gasteiger partial charge in [-0.3, -0.25) is 14.3 Å². The number of anilines is 1. The third-order valence-corrected chi connectivity index (χ3v) is 7.99. The van der Waals surface area contributed by atoms with Gasteiger partial charge in [-0.15, -0.1) is 0 Å². The lowest BCUT2D eigenvalue weighted by Gasteiger charge is -2.14. The van der Waals surface area contributed by atoms with Crippen molar-refractivity contribution in [2.45, 2.75) is 13.5 Å². The summed E-state index contributed by atoms with van der Waals surface area (Å²) in [4.78, 5) is 30.5. The van der Waals surface area contributed by atoms with E-state index in [0.29, 0.717) is 10.9 Å². The van der Waals surface area contributed by atoms with E-state index in [9.17, 15) is 27.5 Å². The van der Waals surface area contributed by atoms with Crippen molar-refractivity contribution in [1.29, 1.82) is 0 Å². The van der Waals surface area contributed by atoms with Crippen molar-refractivity contribution < 1.29 is 31.9 Å². The molecule has 0 atom stereocenters. The van der Waals surface area contributed by atoms with Crippen molar-refractivity contribution in [3.05, 3.63) is 102 Å². The number of amides is 2. The molecule has 0 unspecified atom stereocenters. The predicted molar refractivity (Wildman–Crippen MR) is 161 cm³/mol. The zero-order valence-corrected chi connectivity index (χ0v) is 24.0. The maximum atomic E-state index is 13.6. The van der Waals surface area contributed by atoms with Crippen LogP contribution in [-0.2, 0) is 16.6 Å². The summed E-state index contributed by atoms with van der Waals surface area (Å²) in [5.41, 5.74) is 1.74. The smallest absolute Gasteiger partial charge is 0.274 e. The lowest BCUT2D eigenvalue weighted by molar-refractivity contribution is 0.0940. The largest absolute Gasteiger partial charge is 0.505 e. The quantitative estimate of drug-likeness (QED) is 0.184. The van der Waals surface area contributed by atoms with Crippen LogP contribution in [0.15, 0.2) is 83.3 Å². The fraction of sp³-hybridized carbons (Fsp3) is 0.129. The number of hydrogen-bond donors (Lipinski definition) is 4. The third-order valence-electron chi connectivity index (χ3n) is 6.70. The van der Waals surface area contributed by atoms with Crippen LogP contribution in [0.1, 0.15) is 33.3 Å². The summed E-state index contributed by atoms with van der Waals surface area (Å²) in [6.45, 7) is 1.66. The maximum Gasteiger partial charge on any atom is 0.274 e. The standard InChI is InChI=1S/C31H27FN4O6S/c1-3-43(40,41)36-24-16-26-22(27(30(38)33-2)29(42-26)19-9-11-20(32)12-10-19)15-21(24)23-13-14-25(37)28(35-23)31(39)34-17-18-7-5-4-6-8-18/h4-16,36-37H,3,17H2,1-2H3,(H,33,38)(H,34,39). The summed E-state index contributed by atoms with van der Waals surface area (Å²) in [7, 11) is -2.35. The molecule has 0 aliphatic heterocycles. The Morgan fingerprint density at radius 3 is 2.37 bits per heavy atom. The van der Waals surface area contributed by atoms with E-state index in [2.05, 4.69) is 20.3 Å². The minimum atomic E-state index is -3.80. The van der Waals surface area contributed by atoms with Gasteiger partial charge in [0.1, 0.15) is 22.9 Å². The van der Waals surface area contributed by atoms with Crippen molar-refractivity contribution in [3.8, 4) is 28.3 Å². The summed E-state index contributed by atoms with van der Waals surface area (Å²) in [6.07, 6.45) is 0. The van der Waals surface area contributed by atoms with Crippen molar-refractivity contribution in [1.82, 2.24) is 15.6 Å². The number of fused-ring (bicyclic) bond motifs is 1. The van der Waals surface area contributed by atoms with Gasteiger partial charge in [-0.2, -0.15) is 0 Å². The number of carbonyl (C=O) groups excluding carboxylic acids is 2. The maximum absolute atomic E-state index is 13.6. The molecule has 2 aromatic heterocycles. The van der Waals surface area contributed by atoms with Gasteiger partial charge in [0.2, 0.25) is 10.0 Å². The van der Waals surface area contributed by atoms with E-state index < -0.39 is 27.7 Å². The van der Waals surface area contributed by atoms with Crippen LogP contribution in [-0.4, -0.2) is 43.1 Å². The number of rotatable bonds is 9. The molecule has 0 radical (unpaired) electrons. The summed E-state index contributed by atoms with van der Waals surface area (Å²) >= 11 is 0. The zero-order chi connectivity index (χ0) is 30.7. The molecule has 0 aliphatic rings. The number of aromatic hydroxyl groups is 1. The Bertz CT molecular complexity index is 1940. The Balaban J connectivity index is 1.67. The van der Waals surface area contributed by atoms with Gasteiger partial charge in [-0.25, -0.2) is 17.8 Å². The molecular formula is C31H27FN4O6S. The molecule has 12 heteroatoms. The number of carbonyl (C=O) groups is 2. The van der Waals surface area contributed by atoms with Crippen molar-refractivity contribution >= 4 is 38.5 Å². The molecule has 3 aromatic carbocycles. The van der Waals surface area contributed by atoms with E-state index in [1.807, 2.05) is 30.3 Å². The molecule has 5 rings (SSSR count). The van der Waals surface area contributed by atoms with Crippen LogP contribution in [0.5, 0.6) is 5.75 Å². The molecule has 0 saturated heterocycles. The van der Waals surface area contributed by atoms with Crippen LogP contribution in [0.3, 0.4) is 0 Å². The molecule has 2 amide bonds. The number of halogens is 1. The minimum absolute atomic E-state index is 0.0750. The second-order valence-corrected chi connectivity index (χ2v) is 11.5. The Labute approximate surface area is 246 Å². The lowest BCUT2D eigenvalue weighted by atomic mass is 10.0. The first-order valence-electron chi connectivity index (χ1n) is 13.2. The summed E-state index contributed by atoms with van der Waals surface area (Å²) in [5.74, 6) is -2.07. The molecule has 2 heterocycles. The lowest BCUT2D eigenvalue weighted by Crippen LogP contribution is -2.24. The monoisotopic (exact) mass is 602 g/mol. The van der Waals surface area contributed by atoms with E-state index in [1.165, 1.54) is 62.5 Å². The van der Waals surface area contributed by atoms with Gasteiger partial charge in [-0.05, 0) is 55.0 Å². The summed E-state index contributed by atoms with van der Waals surface area (Å²) in [6, 6.07) is 20.2. The second kappa shape index (κ2) is 11.9. The molecule has 220 valence electrons. The number of pyridine rings is 1. The first kappa shape index (κ1) is 29.3. The van der Waals surface area contributed by atoms with Crippen molar-refractivity contribution in [2.24, 2.45) is 0 Å². The number of furan rings is 1. The Morgan fingerprint density at radius 2 is 1.70 bits per heavy atom. The fourth-order valence-corrected chi connectivity index (χ4v) is 5.11. The molecule has 43 heavy (non-hydrogen) atoms. The normalized spacial score (nSPS) is 11.3. The second-order valence-electron chi connectivity index (χ2n) is 9.52. The van der Waals surface area contributed by atoms with Crippen LogP contribution in [0.25, 0.3) is 33.6 Å². The van der Waals surface area contributed by atoms with E-state index in [-0.39, 0.29) is 57.6 Å². The van der Waals surface area contributed by atoms with Gasteiger partial charge >= 0.3 is 0 Å². The highest BCUT2D eigenvalue weighted by molar-refractivity contribution is 7.92. The first-order chi connectivity index (χ1) is 20.6. The minimum Gasteiger partial charge on any atom is -0.505 e. The van der Waals surface area contributed by atoms with E-state index >= 15 is 0 Å². The Morgan fingerprint density at radius 1 is 0.977 bits per heavy atom. The van der Waals surface area contributed by atoms with Gasteiger partial charge in [0.25, 0.3) is 11.8 Å². The number of nitrogens with one attached hydrogen (secondary N) is 3. The highest BCUT2D eigenvalue weighted by Crippen LogP contribution is 2.40. The van der Waals surface area contributed by atoms with Gasteiger partial charge in [0, 0.05) is 36.2 Å². The van der Waals surface area contributed by atoms with Gasteiger partial charge < -0.3 is 20.2 Å². The number of benzene rings is 3. The molecule has 0 spiro atoms. The summed E-state index contributed by atoms with van der Waals surface area (Å²) in [5, 5.41) is 16.1. The highest BCUT2D eigenvalue weighted by atomic mass is 32.2. The van der Waals surface area contributed by atoms with Crippen LogP contribution in [0.2, 0.25) is 0 Å². The predicted octanol–water partition coefficient (Wildman–Crippen LogP) is 5.06. The Kier molecular flexibility index (Phi) is 8.13. The zero-order valence-electron chi connectivity index (χ0n) is 23.1. The molecule has 0 bridgehead atoms. The summed E-state index contributed by atoms with van der Waals surface area (Å²) < 4.78 is 47.5. The molecule has 0 aliphatic carbocycles. The van der Waals surface area contributed by atoms with E-state index in [4.69, 9.17) is 4.42 Å². The first-order valence-corrected chi connectivity index (χ1v) is 14.9. The van der Waals surface area contributed by atoms with Crippen LogP contribution < -0.4 is 15.4 Å². The Hall–Kier alpha value is -5.23.